The second-order valence-electron chi connectivity index (χ2n) is 3.78. The van der Waals surface area contributed by atoms with Crippen molar-refractivity contribution in [2.75, 3.05) is 6.61 Å². The average molecular weight is 299 g/mol. The zero-order valence-corrected chi connectivity index (χ0v) is 11.7. The van der Waals surface area contributed by atoms with Crippen molar-refractivity contribution in [3.05, 3.63) is 34.9 Å². The number of hydrogen-bond acceptors (Lipinski definition) is 3. The summed E-state index contributed by atoms with van der Waals surface area (Å²) in [5.41, 5.74) is 2.06. The van der Waals surface area contributed by atoms with Crippen LogP contribution in [-0.4, -0.2) is 18.4 Å². The summed E-state index contributed by atoms with van der Waals surface area (Å²) in [7, 11) is 0. The molecule has 0 radical (unpaired) electrons. The van der Waals surface area contributed by atoms with Crippen LogP contribution >= 0.6 is 15.9 Å². The van der Waals surface area contributed by atoms with Gasteiger partial charge in [0.05, 0.1) is 17.0 Å². The lowest BCUT2D eigenvalue weighted by Crippen LogP contribution is -2.12. The molecule has 1 atom stereocenters. The molecule has 0 bridgehead atoms. The molecule has 4 heteroatoms. The van der Waals surface area contributed by atoms with E-state index in [-0.39, 0.29) is 5.78 Å². The van der Waals surface area contributed by atoms with E-state index >= 15 is 0 Å². The number of halogens is 1. The Morgan fingerprint density at radius 1 is 1.41 bits per heavy atom. The molecule has 0 aliphatic heterocycles. The van der Waals surface area contributed by atoms with Gasteiger partial charge < -0.3 is 4.74 Å². The van der Waals surface area contributed by atoms with E-state index in [1.807, 2.05) is 13.0 Å². The van der Waals surface area contributed by atoms with Gasteiger partial charge in [0.1, 0.15) is 5.78 Å². The molecule has 0 fully saturated rings. The van der Waals surface area contributed by atoms with Crippen molar-refractivity contribution in [1.82, 2.24) is 0 Å². The number of benzene rings is 1. The van der Waals surface area contributed by atoms with Crippen LogP contribution in [0.2, 0.25) is 0 Å². The Morgan fingerprint density at radius 2 is 2.06 bits per heavy atom. The van der Waals surface area contributed by atoms with E-state index in [1.54, 1.807) is 19.1 Å². The molecule has 3 nitrogen and oxygen atoms in total. The largest absolute Gasteiger partial charge is 0.462 e. The van der Waals surface area contributed by atoms with Gasteiger partial charge in [-0.3, -0.25) is 4.79 Å². The molecule has 0 aromatic heterocycles. The Kier molecular flexibility index (Phi) is 4.87. The highest BCUT2D eigenvalue weighted by atomic mass is 79.9. The Balaban J connectivity index is 3.21. The van der Waals surface area contributed by atoms with Gasteiger partial charge in [-0.1, -0.05) is 33.6 Å². The molecule has 92 valence electrons. The highest BCUT2D eigenvalue weighted by molar-refractivity contribution is 9.09. The number of hydrogen-bond donors (Lipinski definition) is 0. The molecule has 0 saturated heterocycles. The van der Waals surface area contributed by atoms with Gasteiger partial charge in [-0.15, -0.1) is 0 Å². The van der Waals surface area contributed by atoms with E-state index in [9.17, 15) is 9.59 Å². The number of carbonyl (C=O) groups is 2. The number of ketones is 1. The summed E-state index contributed by atoms with van der Waals surface area (Å²) in [6.07, 6.45) is 0. The Hall–Kier alpha value is -1.16. The fourth-order valence-corrected chi connectivity index (χ4v) is 1.89. The van der Waals surface area contributed by atoms with E-state index in [4.69, 9.17) is 4.74 Å². The lowest BCUT2D eigenvalue weighted by molar-refractivity contribution is -0.116. The predicted octanol–water partition coefficient (Wildman–Crippen LogP) is 3.20. The number of esters is 1. The van der Waals surface area contributed by atoms with Gasteiger partial charge in [-0.2, -0.15) is 0 Å². The van der Waals surface area contributed by atoms with E-state index in [0.717, 1.165) is 5.56 Å². The van der Waals surface area contributed by atoms with Gasteiger partial charge in [0.25, 0.3) is 0 Å². The summed E-state index contributed by atoms with van der Waals surface area (Å²) in [4.78, 5) is 22.7. The minimum atomic E-state index is -0.470. The molecule has 1 unspecified atom stereocenters. The summed E-state index contributed by atoms with van der Waals surface area (Å²) >= 11 is 3.29. The first kappa shape index (κ1) is 13.9. The molecule has 17 heavy (non-hydrogen) atoms. The van der Waals surface area contributed by atoms with Crippen LogP contribution in [0.1, 0.15) is 40.2 Å². The molecule has 1 rings (SSSR count). The summed E-state index contributed by atoms with van der Waals surface area (Å²) in [6.45, 7) is 5.45. The molecule has 0 spiro atoms. The molecule has 0 heterocycles. The second kappa shape index (κ2) is 5.96. The Bertz CT molecular complexity index is 440. The van der Waals surface area contributed by atoms with E-state index in [1.165, 1.54) is 6.92 Å². The molecular formula is C13H15BrO3. The summed E-state index contributed by atoms with van der Waals surface area (Å²) in [5.74, 6) is -0.434. The van der Waals surface area contributed by atoms with Gasteiger partial charge in [-0.25, -0.2) is 4.79 Å². The first-order chi connectivity index (χ1) is 7.97. The maximum absolute atomic E-state index is 11.8. The average Bonchev–Trinajstić information content (AvgIpc) is 2.28. The van der Waals surface area contributed by atoms with Crippen molar-refractivity contribution < 1.29 is 14.3 Å². The lowest BCUT2D eigenvalue weighted by atomic mass is 10.0. The normalized spacial score (nSPS) is 12.0. The molecular weight excluding hydrogens is 284 g/mol. The third-order valence-electron chi connectivity index (χ3n) is 2.33. The van der Waals surface area contributed by atoms with Crippen LogP contribution < -0.4 is 0 Å². The van der Waals surface area contributed by atoms with Crippen LogP contribution in [0.5, 0.6) is 0 Å². The summed E-state index contributed by atoms with van der Waals surface area (Å²) in [6, 6.07) is 5.39. The Labute approximate surface area is 109 Å². The zero-order valence-electron chi connectivity index (χ0n) is 10.1. The van der Waals surface area contributed by atoms with Crippen LogP contribution in [0.15, 0.2) is 18.2 Å². The summed E-state index contributed by atoms with van der Waals surface area (Å²) < 4.78 is 4.98. The number of carbonyl (C=O) groups excluding carboxylic acids is 2. The third kappa shape index (κ3) is 3.40. The van der Waals surface area contributed by atoms with E-state index < -0.39 is 10.8 Å². The van der Waals surface area contributed by atoms with Gasteiger partial charge in [0, 0.05) is 0 Å². The van der Waals surface area contributed by atoms with Crippen molar-refractivity contribution in [3.8, 4) is 0 Å². The van der Waals surface area contributed by atoms with Crippen molar-refractivity contribution in [2.24, 2.45) is 0 Å². The van der Waals surface area contributed by atoms with Crippen LogP contribution in [0.3, 0.4) is 0 Å². The summed E-state index contributed by atoms with van der Waals surface area (Å²) in [5, 5.41) is 0. The van der Waals surface area contributed by atoms with Gasteiger partial charge in [0.2, 0.25) is 0 Å². The van der Waals surface area contributed by atoms with Crippen LogP contribution in [0, 0.1) is 6.92 Å². The standard InChI is InChI=1S/C13H15BrO3/c1-4-17-13(16)11-7-8(2)5-6-10(11)12(14)9(3)15/h5-7,12H,4H2,1-3H3. The number of Topliss-reactive ketones (excluding diaryl/α,β-unsaturated/α-hetero) is 1. The van der Waals surface area contributed by atoms with Gasteiger partial charge in [0.15, 0.2) is 0 Å². The highest BCUT2D eigenvalue weighted by Gasteiger charge is 2.21. The maximum atomic E-state index is 11.8. The zero-order chi connectivity index (χ0) is 13.0. The van der Waals surface area contributed by atoms with Crippen molar-refractivity contribution in [1.29, 1.82) is 0 Å². The van der Waals surface area contributed by atoms with Crippen LogP contribution in [0.25, 0.3) is 0 Å². The van der Waals surface area contributed by atoms with Gasteiger partial charge in [-0.05, 0) is 32.4 Å². The predicted molar refractivity (Wildman–Crippen MR) is 69.5 cm³/mol. The first-order valence-corrected chi connectivity index (χ1v) is 6.31. The smallest absolute Gasteiger partial charge is 0.338 e. The lowest BCUT2D eigenvalue weighted by Gasteiger charge is -2.12. The topological polar surface area (TPSA) is 43.4 Å². The third-order valence-corrected chi connectivity index (χ3v) is 3.47. The minimum absolute atomic E-state index is 0.0422. The molecule has 0 amide bonds. The fourth-order valence-electron chi connectivity index (χ4n) is 1.50. The van der Waals surface area contributed by atoms with Crippen molar-refractivity contribution >= 4 is 27.7 Å². The monoisotopic (exact) mass is 298 g/mol. The highest BCUT2D eigenvalue weighted by Crippen LogP contribution is 2.28. The Morgan fingerprint density at radius 3 is 2.59 bits per heavy atom. The van der Waals surface area contributed by atoms with E-state index in [0.29, 0.717) is 17.7 Å². The SMILES string of the molecule is CCOC(=O)c1cc(C)ccc1C(Br)C(C)=O. The molecule has 0 saturated carbocycles. The fraction of sp³-hybridized carbons (Fsp3) is 0.385. The number of rotatable bonds is 4. The number of alkyl halides is 1. The quantitative estimate of drug-likeness (QED) is 0.633. The number of aryl methyl sites for hydroxylation is 1. The van der Waals surface area contributed by atoms with Crippen LogP contribution in [0.4, 0.5) is 0 Å². The first-order valence-electron chi connectivity index (χ1n) is 5.39. The second-order valence-corrected chi connectivity index (χ2v) is 4.70. The molecule has 0 aliphatic rings. The number of ether oxygens (including phenoxy) is 1. The van der Waals surface area contributed by atoms with Crippen LogP contribution in [-0.2, 0) is 9.53 Å². The van der Waals surface area contributed by atoms with Crippen molar-refractivity contribution in [3.63, 3.8) is 0 Å². The van der Waals surface area contributed by atoms with E-state index in [2.05, 4.69) is 15.9 Å². The molecule has 0 N–H and O–H groups in total. The maximum Gasteiger partial charge on any atom is 0.338 e. The minimum Gasteiger partial charge on any atom is -0.462 e. The van der Waals surface area contributed by atoms with Crippen molar-refractivity contribution in [2.45, 2.75) is 25.6 Å². The van der Waals surface area contributed by atoms with Gasteiger partial charge >= 0.3 is 5.97 Å². The molecule has 0 aliphatic carbocycles. The molecule has 1 aromatic rings. The molecule has 1 aromatic carbocycles.